The molecule has 0 aliphatic heterocycles. The summed E-state index contributed by atoms with van der Waals surface area (Å²) in [5.41, 5.74) is 7.28. The van der Waals surface area contributed by atoms with Crippen LogP contribution in [0, 0.1) is 6.92 Å². The van der Waals surface area contributed by atoms with Gasteiger partial charge in [0, 0.05) is 5.56 Å². The Bertz CT molecular complexity index is 1390. The van der Waals surface area contributed by atoms with Crippen LogP contribution in [0.25, 0.3) is 16.0 Å². The van der Waals surface area contributed by atoms with E-state index >= 15 is 0 Å². The van der Waals surface area contributed by atoms with E-state index in [2.05, 4.69) is 21.2 Å². The van der Waals surface area contributed by atoms with Crippen molar-refractivity contribution < 1.29 is 18.0 Å². The number of imidazole rings is 1. The quantitative estimate of drug-likeness (QED) is 0.357. The van der Waals surface area contributed by atoms with Crippen molar-refractivity contribution in [3.63, 3.8) is 0 Å². The first-order valence-corrected chi connectivity index (χ1v) is 11.0. The molecule has 5 N–H and O–H groups in total. The molecule has 0 unspecified atom stereocenters. The van der Waals surface area contributed by atoms with Gasteiger partial charge in [-0.3, -0.25) is 19.9 Å². The number of nitrogens with zero attached hydrogens (tertiary/aromatic N) is 2. The van der Waals surface area contributed by atoms with Crippen molar-refractivity contribution in [2.45, 2.75) is 11.8 Å². The molecule has 0 bridgehead atoms. The van der Waals surface area contributed by atoms with Crippen LogP contribution in [-0.4, -0.2) is 29.7 Å². The Morgan fingerprint density at radius 2 is 1.77 bits per heavy atom. The van der Waals surface area contributed by atoms with Gasteiger partial charge in [0.25, 0.3) is 5.91 Å². The highest BCUT2D eigenvalue weighted by Crippen LogP contribution is 2.31. The maximum absolute atomic E-state index is 12.2. The second-order valence-electron chi connectivity index (χ2n) is 6.34. The Labute approximate surface area is 174 Å². The molecule has 0 saturated carbocycles. The summed E-state index contributed by atoms with van der Waals surface area (Å²) in [7, 11) is -3.85. The lowest BCUT2D eigenvalue weighted by Crippen LogP contribution is -2.43. The SMILES string of the molecule is Cc1c(NC(=O)NNC(=O)c2ccc(S(N)(=O)=O)cc2)sc2nc3ccccc3n12. The van der Waals surface area contributed by atoms with Gasteiger partial charge in [-0.15, -0.1) is 0 Å². The standard InChI is InChI=1S/C18H16N6O4S2/c1-10-16(29-18-20-13-4-2-3-5-14(13)24(10)18)21-17(26)23-22-15(25)11-6-8-12(9-7-11)30(19,27)28/h2-9H,1H3,(H,22,25)(H2,19,27,28)(H2,21,23,26). The normalized spacial score (nSPS) is 11.5. The summed E-state index contributed by atoms with van der Waals surface area (Å²) in [4.78, 5) is 29.5. The predicted octanol–water partition coefficient (Wildman–Crippen LogP) is 1.97. The lowest BCUT2D eigenvalue weighted by atomic mass is 10.2. The Morgan fingerprint density at radius 3 is 2.47 bits per heavy atom. The molecule has 2 aromatic carbocycles. The monoisotopic (exact) mass is 444 g/mol. The molecule has 2 aromatic heterocycles. The summed E-state index contributed by atoms with van der Waals surface area (Å²) in [6.45, 7) is 1.86. The van der Waals surface area contributed by atoms with Crippen LogP contribution in [0.15, 0.2) is 53.4 Å². The largest absolute Gasteiger partial charge is 0.338 e. The highest BCUT2D eigenvalue weighted by Gasteiger charge is 2.16. The number of primary sulfonamides is 1. The third-order valence-corrected chi connectivity index (χ3v) is 6.34. The molecule has 0 aliphatic rings. The zero-order valence-electron chi connectivity index (χ0n) is 15.5. The van der Waals surface area contributed by atoms with Crippen molar-refractivity contribution in [2.24, 2.45) is 5.14 Å². The number of thiazole rings is 1. The van der Waals surface area contributed by atoms with Crippen LogP contribution in [0.3, 0.4) is 0 Å². The number of urea groups is 1. The van der Waals surface area contributed by atoms with E-state index in [1.54, 1.807) is 0 Å². The van der Waals surface area contributed by atoms with E-state index in [1.807, 2.05) is 35.6 Å². The van der Waals surface area contributed by atoms with Crippen LogP contribution >= 0.6 is 11.3 Å². The number of anilines is 1. The summed E-state index contributed by atoms with van der Waals surface area (Å²) < 4.78 is 24.5. The zero-order valence-corrected chi connectivity index (χ0v) is 17.2. The van der Waals surface area contributed by atoms with Gasteiger partial charge in [-0.25, -0.2) is 28.8 Å². The number of fused-ring (bicyclic) bond motifs is 3. The summed E-state index contributed by atoms with van der Waals surface area (Å²) >= 11 is 1.31. The Balaban J connectivity index is 1.42. The second kappa shape index (κ2) is 7.40. The minimum atomic E-state index is -3.85. The minimum absolute atomic E-state index is 0.115. The van der Waals surface area contributed by atoms with E-state index in [-0.39, 0.29) is 10.5 Å². The second-order valence-corrected chi connectivity index (χ2v) is 8.88. The van der Waals surface area contributed by atoms with Gasteiger partial charge in [-0.05, 0) is 43.3 Å². The number of hydrogen-bond acceptors (Lipinski definition) is 6. The van der Waals surface area contributed by atoms with Crippen molar-refractivity contribution in [1.82, 2.24) is 20.2 Å². The molecule has 12 heteroatoms. The molecule has 0 spiro atoms. The van der Waals surface area contributed by atoms with Crippen LogP contribution in [-0.2, 0) is 10.0 Å². The topological polar surface area (TPSA) is 148 Å². The van der Waals surface area contributed by atoms with E-state index in [4.69, 9.17) is 5.14 Å². The van der Waals surface area contributed by atoms with Gasteiger partial charge >= 0.3 is 6.03 Å². The van der Waals surface area contributed by atoms with Gasteiger partial charge in [-0.1, -0.05) is 23.5 Å². The van der Waals surface area contributed by atoms with Gasteiger partial charge in [0.05, 0.1) is 21.6 Å². The van der Waals surface area contributed by atoms with Gasteiger partial charge < -0.3 is 0 Å². The molecule has 30 heavy (non-hydrogen) atoms. The van der Waals surface area contributed by atoms with Crippen molar-refractivity contribution in [3.8, 4) is 0 Å². The molecule has 0 fully saturated rings. The Morgan fingerprint density at radius 1 is 1.07 bits per heavy atom. The molecule has 4 aromatic rings. The minimum Gasteiger partial charge on any atom is -0.296 e. The number of aromatic nitrogens is 2. The van der Waals surface area contributed by atoms with E-state index in [1.165, 1.54) is 35.6 Å². The summed E-state index contributed by atoms with van der Waals surface area (Å²) in [5, 5.41) is 8.29. The van der Waals surface area contributed by atoms with E-state index in [0.717, 1.165) is 21.7 Å². The van der Waals surface area contributed by atoms with E-state index < -0.39 is 22.0 Å². The van der Waals surface area contributed by atoms with Crippen LogP contribution in [0.2, 0.25) is 0 Å². The highest BCUT2D eigenvalue weighted by atomic mass is 32.2. The number of nitrogens with one attached hydrogen (secondary N) is 3. The fourth-order valence-corrected chi connectivity index (χ4v) is 4.45. The van der Waals surface area contributed by atoms with E-state index in [0.29, 0.717) is 5.00 Å². The number of benzene rings is 2. The van der Waals surface area contributed by atoms with Crippen molar-refractivity contribution >= 4 is 54.3 Å². The van der Waals surface area contributed by atoms with Crippen LogP contribution < -0.4 is 21.3 Å². The van der Waals surface area contributed by atoms with Gasteiger partial charge in [0.1, 0.15) is 5.00 Å². The molecule has 4 rings (SSSR count). The summed E-state index contributed by atoms with van der Waals surface area (Å²) in [5.74, 6) is -0.616. The van der Waals surface area contributed by atoms with Crippen LogP contribution in [0.1, 0.15) is 16.1 Å². The number of rotatable bonds is 3. The highest BCUT2D eigenvalue weighted by molar-refractivity contribution is 7.89. The van der Waals surface area contributed by atoms with Gasteiger partial charge in [-0.2, -0.15) is 0 Å². The molecule has 10 nitrogen and oxygen atoms in total. The third kappa shape index (κ3) is 3.70. The number of para-hydroxylation sites is 2. The first kappa shape index (κ1) is 19.8. The molecule has 3 amide bonds. The number of amides is 3. The average molecular weight is 444 g/mol. The number of hydrazine groups is 1. The molecule has 0 atom stereocenters. The molecular weight excluding hydrogens is 428 g/mol. The maximum Gasteiger partial charge on any atom is 0.338 e. The first-order chi connectivity index (χ1) is 14.2. The van der Waals surface area contributed by atoms with Gasteiger partial charge in [0.2, 0.25) is 10.0 Å². The third-order valence-electron chi connectivity index (χ3n) is 4.35. The first-order valence-electron chi connectivity index (χ1n) is 8.61. The van der Waals surface area contributed by atoms with Crippen LogP contribution in [0.5, 0.6) is 0 Å². The predicted molar refractivity (Wildman–Crippen MR) is 113 cm³/mol. The number of carbonyl (C=O) groups excluding carboxylic acids is 2. The van der Waals surface area contributed by atoms with Crippen molar-refractivity contribution in [1.29, 1.82) is 0 Å². The van der Waals surface area contributed by atoms with Crippen LogP contribution in [0.4, 0.5) is 9.80 Å². The fourth-order valence-electron chi connectivity index (χ4n) is 2.90. The number of carbonyl (C=O) groups is 2. The molecule has 2 heterocycles. The lowest BCUT2D eigenvalue weighted by Gasteiger charge is -2.09. The van der Waals surface area contributed by atoms with Gasteiger partial charge in [0.15, 0.2) is 4.96 Å². The molecule has 154 valence electrons. The molecular formula is C18H16N6O4S2. The average Bonchev–Trinajstić information content (AvgIpc) is 3.22. The Kier molecular flexibility index (Phi) is 4.89. The number of hydrogen-bond donors (Lipinski definition) is 4. The van der Waals surface area contributed by atoms with E-state index in [9.17, 15) is 18.0 Å². The Hall–Kier alpha value is -3.48. The lowest BCUT2D eigenvalue weighted by molar-refractivity contribution is 0.0938. The molecule has 0 radical (unpaired) electrons. The summed E-state index contributed by atoms with van der Waals surface area (Å²) in [6.07, 6.45) is 0. The van der Waals surface area contributed by atoms with Crippen molar-refractivity contribution in [3.05, 3.63) is 59.8 Å². The van der Waals surface area contributed by atoms with Crippen molar-refractivity contribution in [2.75, 3.05) is 5.32 Å². The number of aryl methyl sites for hydroxylation is 1. The zero-order chi connectivity index (χ0) is 21.5. The molecule has 0 saturated heterocycles. The maximum atomic E-state index is 12.2. The molecule has 0 aliphatic carbocycles. The summed E-state index contributed by atoms with van der Waals surface area (Å²) in [6, 6.07) is 12.0. The smallest absolute Gasteiger partial charge is 0.296 e. The number of sulfonamides is 1. The fraction of sp³-hybridized carbons (Fsp3) is 0.0556. The number of nitrogens with two attached hydrogens (primary N) is 1.